The molecule has 1 aliphatic heterocycles. The lowest BCUT2D eigenvalue weighted by Gasteiger charge is -2.40. The van der Waals surface area contributed by atoms with Gasteiger partial charge in [-0.3, -0.25) is 4.79 Å². The SMILES string of the molecule is COC(=O)C(OC(C)(C)C)c1c(C)c2c(c(C)c1-c1ccc(C)cc1)CN(C(=O)C1(C)CCCCC1)CC2. The number of nitrogens with zero attached hydrogens (tertiary/aromatic N) is 1. The lowest BCUT2D eigenvalue weighted by Crippen LogP contribution is -2.46. The number of rotatable bonds is 5. The van der Waals surface area contributed by atoms with Crippen molar-refractivity contribution in [2.45, 2.75) is 105 Å². The molecule has 1 aliphatic carbocycles. The minimum atomic E-state index is -0.846. The quantitative estimate of drug-likeness (QED) is 0.393. The number of aryl methyl sites for hydroxylation is 1. The third-order valence-corrected chi connectivity index (χ3v) is 8.55. The van der Waals surface area contributed by atoms with Crippen LogP contribution in [0.25, 0.3) is 11.1 Å². The Balaban J connectivity index is 1.88. The molecular formula is C33H45NO4. The number of carbonyl (C=O) groups is 2. The molecule has 0 aromatic heterocycles. The molecule has 1 unspecified atom stereocenters. The molecule has 5 heteroatoms. The fourth-order valence-corrected chi connectivity index (χ4v) is 6.43. The molecule has 1 amide bonds. The van der Waals surface area contributed by atoms with Crippen LogP contribution in [-0.2, 0) is 32.0 Å². The van der Waals surface area contributed by atoms with Crippen molar-refractivity contribution >= 4 is 11.9 Å². The largest absolute Gasteiger partial charge is 0.467 e. The Morgan fingerprint density at radius 2 is 1.58 bits per heavy atom. The molecule has 4 rings (SSSR count). The smallest absolute Gasteiger partial charge is 0.339 e. The van der Waals surface area contributed by atoms with E-state index in [0.29, 0.717) is 19.0 Å². The van der Waals surface area contributed by atoms with Crippen molar-refractivity contribution in [1.29, 1.82) is 0 Å². The molecule has 1 saturated carbocycles. The zero-order chi connectivity index (χ0) is 27.8. The first kappa shape index (κ1) is 28.4. The predicted molar refractivity (Wildman–Crippen MR) is 152 cm³/mol. The van der Waals surface area contributed by atoms with E-state index in [9.17, 15) is 9.59 Å². The summed E-state index contributed by atoms with van der Waals surface area (Å²) < 4.78 is 11.7. The first-order valence-electron chi connectivity index (χ1n) is 14.1. The van der Waals surface area contributed by atoms with Gasteiger partial charge < -0.3 is 14.4 Å². The second kappa shape index (κ2) is 10.8. The summed E-state index contributed by atoms with van der Waals surface area (Å²) in [6, 6.07) is 8.44. The monoisotopic (exact) mass is 519 g/mol. The number of benzene rings is 2. The van der Waals surface area contributed by atoms with Gasteiger partial charge in [0, 0.05) is 24.1 Å². The molecule has 206 valence electrons. The van der Waals surface area contributed by atoms with Crippen molar-refractivity contribution in [2.75, 3.05) is 13.7 Å². The fourth-order valence-electron chi connectivity index (χ4n) is 6.43. The number of fused-ring (bicyclic) bond motifs is 1. The van der Waals surface area contributed by atoms with Gasteiger partial charge in [-0.15, -0.1) is 0 Å². The molecule has 0 N–H and O–H groups in total. The van der Waals surface area contributed by atoms with E-state index in [-0.39, 0.29) is 5.41 Å². The van der Waals surface area contributed by atoms with Crippen molar-refractivity contribution < 1.29 is 19.1 Å². The summed E-state index contributed by atoms with van der Waals surface area (Å²) in [5.41, 5.74) is 7.94. The van der Waals surface area contributed by atoms with E-state index in [1.165, 1.54) is 30.2 Å². The Bertz CT molecular complexity index is 1200. The molecule has 1 heterocycles. The van der Waals surface area contributed by atoms with E-state index in [1.807, 2.05) is 20.8 Å². The number of carbonyl (C=O) groups excluding carboxylic acids is 2. The van der Waals surface area contributed by atoms with Crippen molar-refractivity contribution in [3.8, 4) is 11.1 Å². The predicted octanol–water partition coefficient (Wildman–Crippen LogP) is 7.16. The highest BCUT2D eigenvalue weighted by atomic mass is 16.6. The van der Waals surface area contributed by atoms with E-state index in [2.05, 4.69) is 56.9 Å². The maximum absolute atomic E-state index is 13.8. The van der Waals surface area contributed by atoms with Crippen LogP contribution in [0.5, 0.6) is 0 Å². The minimum Gasteiger partial charge on any atom is -0.467 e. The number of methoxy groups -OCH3 is 1. The second-order valence-corrected chi connectivity index (χ2v) is 12.6. The van der Waals surface area contributed by atoms with Gasteiger partial charge in [0.2, 0.25) is 5.91 Å². The molecule has 0 radical (unpaired) electrons. The fraction of sp³-hybridized carbons (Fsp3) is 0.576. The van der Waals surface area contributed by atoms with Crippen LogP contribution in [0, 0.1) is 26.2 Å². The molecule has 0 bridgehead atoms. The Morgan fingerprint density at radius 3 is 2.16 bits per heavy atom. The molecule has 5 nitrogen and oxygen atoms in total. The van der Waals surface area contributed by atoms with Gasteiger partial charge in [0.05, 0.1) is 12.7 Å². The van der Waals surface area contributed by atoms with Crippen LogP contribution in [0.4, 0.5) is 0 Å². The van der Waals surface area contributed by atoms with E-state index in [1.54, 1.807) is 0 Å². The van der Waals surface area contributed by atoms with E-state index in [4.69, 9.17) is 9.47 Å². The molecule has 0 saturated heterocycles. The van der Waals surface area contributed by atoms with E-state index in [0.717, 1.165) is 59.9 Å². The van der Waals surface area contributed by atoms with Gasteiger partial charge >= 0.3 is 5.97 Å². The van der Waals surface area contributed by atoms with Gasteiger partial charge in [0.25, 0.3) is 0 Å². The average Bonchev–Trinajstić information content (AvgIpc) is 2.88. The van der Waals surface area contributed by atoms with Crippen LogP contribution < -0.4 is 0 Å². The summed E-state index contributed by atoms with van der Waals surface area (Å²) in [6.45, 7) is 15.7. The average molecular weight is 520 g/mol. The third-order valence-electron chi connectivity index (χ3n) is 8.55. The molecule has 1 fully saturated rings. The first-order valence-corrected chi connectivity index (χ1v) is 14.1. The van der Waals surface area contributed by atoms with Gasteiger partial charge in [-0.25, -0.2) is 4.79 Å². The molecule has 2 aromatic carbocycles. The summed E-state index contributed by atoms with van der Waals surface area (Å²) in [6.07, 6.45) is 5.38. The minimum absolute atomic E-state index is 0.255. The van der Waals surface area contributed by atoms with Crippen molar-refractivity contribution in [1.82, 2.24) is 4.90 Å². The van der Waals surface area contributed by atoms with Crippen LogP contribution in [0.1, 0.15) is 99.3 Å². The summed E-state index contributed by atoms with van der Waals surface area (Å²) in [4.78, 5) is 29.1. The molecule has 1 atom stereocenters. The van der Waals surface area contributed by atoms with Gasteiger partial charge in [-0.1, -0.05) is 56.0 Å². The number of amides is 1. The summed E-state index contributed by atoms with van der Waals surface area (Å²) in [5, 5.41) is 0. The van der Waals surface area contributed by atoms with E-state index >= 15 is 0 Å². The number of ether oxygens (including phenoxy) is 2. The highest BCUT2D eigenvalue weighted by Crippen LogP contribution is 2.44. The summed E-state index contributed by atoms with van der Waals surface area (Å²) in [5.74, 6) is -0.0991. The zero-order valence-electron chi connectivity index (χ0n) is 24.6. The van der Waals surface area contributed by atoms with Crippen LogP contribution in [0.15, 0.2) is 24.3 Å². The van der Waals surface area contributed by atoms with Crippen LogP contribution >= 0.6 is 0 Å². The normalized spacial score (nSPS) is 18.1. The lowest BCUT2D eigenvalue weighted by atomic mass is 9.74. The highest BCUT2D eigenvalue weighted by molar-refractivity contribution is 5.86. The molecule has 2 aromatic rings. The van der Waals surface area contributed by atoms with Crippen LogP contribution in [0.2, 0.25) is 0 Å². The van der Waals surface area contributed by atoms with Crippen molar-refractivity contribution in [3.63, 3.8) is 0 Å². The lowest BCUT2D eigenvalue weighted by molar-refractivity contribution is -0.164. The van der Waals surface area contributed by atoms with Crippen LogP contribution in [0.3, 0.4) is 0 Å². The first-order chi connectivity index (χ1) is 17.9. The van der Waals surface area contributed by atoms with Gasteiger partial charge in [0.1, 0.15) is 0 Å². The van der Waals surface area contributed by atoms with Crippen LogP contribution in [-0.4, -0.2) is 36.0 Å². The number of hydrogen-bond acceptors (Lipinski definition) is 4. The maximum Gasteiger partial charge on any atom is 0.339 e. The third kappa shape index (κ3) is 5.54. The topological polar surface area (TPSA) is 55.8 Å². The summed E-state index contributed by atoms with van der Waals surface area (Å²) in [7, 11) is 1.42. The Labute approximate surface area is 228 Å². The molecule has 38 heavy (non-hydrogen) atoms. The number of hydrogen-bond donors (Lipinski definition) is 0. The van der Waals surface area contributed by atoms with Gasteiger partial charge in [-0.05, 0) is 94.2 Å². The molecular weight excluding hydrogens is 474 g/mol. The van der Waals surface area contributed by atoms with E-state index < -0.39 is 17.7 Å². The number of esters is 1. The second-order valence-electron chi connectivity index (χ2n) is 12.6. The highest BCUT2D eigenvalue weighted by Gasteiger charge is 2.40. The van der Waals surface area contributed by atoms with Gasteiger partial charge in [0.15, 0.2) is 6.10 Å². The molecule has 2 aliphatic rings. The van der Waals surface area contributed by atoms with Crippen molar-refractivity contribution in [2.24, 2.45) is 5.41 Å². The molecule has 0 spiro atoms. The summed E-state index contributed by atoms with van der Waals surface area (Å²) >= 11 is 0. The van der Waals surface area contributed by atoms with Crippen molar-refractivity contribution in [3.05, 3.63) is 57.6 Å². The standard InChI is InChI=1S/C33H45NO4/c1-21-12-14-24(15-13-21)27-23(3)26-20-34(31(36)33(7)17-10-9-11-18-33)19-16-25(26)22(2)28(27)29(30(35)37-8)38-32(4,5)6/h12-15,29H,9-11,16-20H2,1-8H3. The zero-order valence-corrected chi connectivity index (χ0v) is 24.6. The Hall–Kier alpha value is -2.66. The Kier molecular flexibility index (Phi) is 8.09. The maximum atomic E-state index is 13.8. The van der Waals surface area contributed by atoms with Gasteiger partial charge in [-0.2, -0.15) is 0 Å². The Morgan fingerprint density at radius 1 is 0.947 bits per heavy atom.